The second-order valence-electron chi connectivity index (χ2n) is 4.98. The summed E-state index contributed by atoms with van der Waals surface area (Å²) in [7, 11) is 0. The number of rotatable bonds is 5. The lowest BCUT2D eigenvalue weighted by Crippen LogP contribution is -2.29. The van der Waals surface area contributed by atoms with E-state index in [9.17, 15) is 4.79 Å². The normalized spacial score (nSPS) is 10.3. The molecule has 1 heterocycles. The Hall–Kier alpha value is -2.23. The van der Waals surface area contributed by atoms with Gasteiger partial charge >= 0.3 is 0 Å². The van der Waals surface area contributed by atoms with E-state index in [4.69, 9.17) is 4.42 Å². The lowest BCUT2D eigenvalue weighted by atomic mass is 10.1. The van der Waals surface area contributed by atoms with Crippen molar-refractivity contribution < 1.29 is 9.21 Å². The Bertz CT molecular complexity index is 566. The fourth-order valence-electron chi connectivity index (χ4n) is 2.29. The molecule has 0 aliphatic rings. The summed E-state index contributed by atoms with van der Waals surface area (Å²) in [4.78, 5) is 11.8. The van der Waals surface area contributed by atoms with Gasteiger partial charge in [0.05, 0.1) is 19.4 Å². The Labute approximate surface area is 119 Å². The number of hydrogen-bond donors (Lipinski definition) is 2. The SMILES string of the molecule is Cc1cc(C)c(NCC(=O)NCc2ccco2)c(C)c1. The Morgan fingerprint density at radius 2 is 1.90 bits per heavy atom. The highest BCUT2D eigenvalue weighted by atomic mass is 16.3. The van der Waals surface area contributed by atoms with Gasteiger partial charge in [0.15, 0.2) is 0 Å². The van der Waals surface area contributed by atoms with Crippen molar-refractivity contribution in [3.05, 3.63) is 53.0 Å². The molecule has 2 rings (SSSR count). The van der Waals surface area contributed by atoms with Gasteiger partial charge < -0.3 is 15.1 Å². The molecule has 20 heavy (non-hydrogen) atoms. The highest BCUT2D eigenvalue weighted by molar-refractivity contribution is 5.81. The smallest absolute Gasteiger partial charge is 0.239 e. The molecule has 2 aromatic rings. The molecule has 1 amide bonds. The van der Waals surface area contributed by atoms with Gasteiger partial charge in [-0.25, -0.2) is 0 Å². The standard InChI is InChI=1S/C16H20N2O2/c1-11-7-12(2)16(13(3)8-11)18-10-15(19)17-9-14-5-4-6-20-14/h4-8,18H,9-10H2,1-3H3,(H,17,19). The van der Waals surface area contributed by atoms with E-state index >= 15 is 0 Å². The number of carbonyl (C=O) groups excluding carboxylic acids is 1. The maximum Gasteiger partial charge on any atom is 0.239 e. The molecule has 0 bridgehead atoms. The van der Waals surface area contributed by atoms with E-state index in [1.807, 2.05) is 19.9 Å². The number of anilines is 1. The zero-order chi connectivity index (χ0) is 14.5. The highest BCUT2D eigenvalue weighted by Gasteiger charge is 2.06. The first-order chi connectivity index (χ1) is 9.56. The van der Waals surface area contributed by atoms with Gasteiger partial charge in [0.1, 0.15) is 5.76 Å². The Morgan fingerprint density at radius 3 is 2.50 bits per heavy atom. The molecule has 2 N–H and O–H groups in total. The fourth-order valence-corrected chi connectivity index (χ4v) is 2.29. The van der Waals surface area contributed by atoms with Crippen LogP contribution in [-0.4, -0.2) is 12.5 Å². The van der Waals surface area contributed by atoms with Crippen LogP contribution in [0.2, 0.25) is 0 Å². The summed E-state index contributed by atoms with van der Waals surface area (Å²) in [5.41, 5.74) is 4.57. The molecule has 106 valence electrons. The third kappa shape index (κ3) is 3.63. The zero-order valence-corrected chi connectivity index (χ0v) is 12.1. The second kappa shape index (κ2) is 6.28. The number of nitrogens with one attached hydrogen (secondary N) is 2. The van der Waals surface area contributed by atoms with Crippen LogP contribution in [0.5, 0.6) is 0 Å². The van der Waals surface area contributed by atoms with Crippen LogP contribution in [0.3, 0.4) is 0 Å². The van der Waals surface area contributed by atoms with E-state index in [0.29, 0.717) is 6.54 Å². The molecule has 0 unspecified atom stereocenters. The van der Waals surface area contributed by atoms with Gasteiger partial charge in [0.25, 0.3) is 0 Å². The van der Waals surface area contributed by atoms with Crippen LogP contribution in [0.1, 0.15) is 22.5 Å². The monoisotopic (exact) mass is 272 g/mol. The summed E-state index contributed by atoms with van der Waals surface area (Å²) in [6.45, 7) is 6.83. The molecule has 0 radical (unpaired) electrons. The second-order valence-corrected chi connectivity index (χ2v) is 4.98. The Balaban J connectivity index is 1.87. The van der Waals surface area contributed by atoms with Crippen molar-refractivity contribution >= 4 is 11.6 Å². The minimum absolute atomic E-state index is 0.0548. The van der Waals surface area contributed by atoms with Crippen LogP contribution in [-0.2, 0) is 11.3 Å². The van der Waals surface area contributed by atoms with Crippen molar-refractivity contribution in [2.75, 3.05) is 11.9 Å². The number of benzene rings is 1. The average molecular weight is 272 g/mol. The number of amides is 1. The molecule has 0 saturated carbocycles. The minimum atomic E-state index is -0.0548. The first-order valence-corrected chi connectivity index (χ1v) is 6.67. The van der Waals surface area contributed by atoms with Crippen molar-refractivity contribution in [1.82, 2.24) is 5.32 Å². The zero-order valence-electron chi connectivity index (χ0n) is 12.1. The van der Waals surface area contributed by atoms with E-state index in [1.165, 1.54) is 5.56 Å². The summed E-state index contributed by atoms with van der Waals surface area (Å²) >= 11 is 0. The van der Waals surface area contributed by atoms with Crippen molar-refractivity contribution in [3.63, 3.8) is 0 Å². The number of furan rings is 1. The van der Waals surface area contributed by atoms with Crippen molar-refractivity contribution in [2.24, 2.45) is 0 Å². The molecule has 0 fully saturated rings. The maximum atomic E-state index is 11.8. The van der Waals surface area contributed by atoms with Crippen LogP contribution in [0.4, 0.5) is 5.69 Å². The van der Waals surface area contributed by atoms with E-state index in [2.05, 4.69) is 29.7 Å². The van der Waals surface area contributed by atoms with Gasteiger partial charge in [-0.15, -0.1) is 0 Å². The third-order valence-corrected chi connectivity index (χ3v) is 3.14. The number of carbonyl (C=O) groups is 1. The molecular weight excluding hydrogens is 252 g/mol. The highest BCUT2D eigenvalue weighted by Crippen LogP contribution is 2.21. The van der Waals surface area contributed by atoms with Crippen LogP contribution in [0.15, 0.2) is 34.9 Å². The molecular formula is C16H20N2O2. The van der Waals surface area contributed by atoms with Crippen molar-refractivity contribution in [1.29, 1.82) is 0 Å². The van der Waals surface area contributed by atoms with Gasteiger partial charge in [0, 0.05) is 5.69 Å². The van der Waals surface area contributed by atoms with Crippen LogP contribution in [0.25, 0.3) is 0 Å². The Kier molecular flexibility index (Phi) is 4.45. The Morgan fingerprint density at radius 1 is 1.20 bits per heavy atom. The summed E-state index contributed by atoms with van der Waals surface area (Å²) in [6.07, 6.45) is 1.60. The summed E-state index contributed by atoms with van der Waals surface area (Å²) < 4.78 is 5.16. The fraction of sp³-hybridized carbons (Fsp3) is 0.312. The molecule has 4 nitrogen and oxygen atoms in total. The van der Waals surface area contributed by atoms with Crippen molar-refractivity contribution in [2.45, 2.75) is 27.3 Å². The first-order valence-electron chi connectivity index (χ1n) is 6.67. The molecule has 1 aromatic carbocycles. The average Bonchev–Trinajstić information content (AvgIpc) is 2.88. The topological polar surface area (TPSA) is 54.3 Å². The summed E-state index contributed by atoms with van der Waals surface area (Å²) in [6, 6.07) is 7.85. The van der Waals surface area contributed by atoms with Gasteiger partial charge in [-0.3, -0.25) is 4.79 Å². The van der Waals surface area contributed by atoms with Gasteiger partial charge in [0.2, 0.25) is 5.91 Å². The van der Waals surface area contributed by atoms with Crippen LogP contribution >= 0.6 is 0 Å². The molecule has 4 heteroatoms. The maximum absolute atomic E-state index is 11.8. The van der Waals surface area contributed by atoms with E-state index in [-0.39, 0.29) is 12.5 Å². The van der Waals surface area contributed by atoms with Gasteiger partial charge in [-0.2, -0.15) is 0 Å². The minimum Gasteiger partial charge on any atom is -0.467 e. The lowest BCUT2D eigenvalue weighted by Gasteiger charge is -2.13. The van der Waals surface area contributed by atoms with E-state index in [1.54, 1.807) is 12.3 Å². The van der Waals surface area contributed by atoms with Crippen LogP contribution < -0.4 is 10.6 Å². The quantitative estimate of drug-likeness (QED) is 0.880. The van der Waals surface area contributed by atoms with Crippen LogP contribution in [0, 0.1) is 20.8 Å². The molecule has 0 aliphatic carbocycles. The molecule has 0 saturated heterocycles. The molecule has 0 spiro atoms. The lowest BCUT2D eigenvalue weighted by molar-refractivity contribution is -0.119. The summed E-state index contributed by atoms with van der Waals surface area (Å²) in [5.74, 6) is 0.696. The molecule has 0 atom stereocenters. The first kappa shape index (κ1) is 14.2. The van der Waals surface area contributed by atoms with E-state index < -0.39 is 0 Å². The largest absolute Gasteiger partial charge is 0.467 e. The summed E-state index contributed by atoms with van der Waals surface area (Å²) in [5, 5.41) is 6.01. The number of hydrogen-bond acceptors (Lipinski definition) is 3. The van der Waals surface area contributed by atoms with E-state index in [0.717, 1.165) is 22.6 Å². The third-order valence-electron chi connectivity index (χ3n) is 3.14. The van der Waals surface area contributed by atoms with Gasteiger partial charge in [-0.05, 0) is 44.0 Å². The molecule has 0 aliphatic heterocycles. The predicted molar refractivity (Wildman–Crippen MR) is 79.7 cm³/mol. The molecule has 1 aromatic heterocycles. The van der Waals surface area contributed by atoms with Gasteiger partial charge in [-0.1, -0.05) is 17.7 Å². The number of aryl methyl sites for hydroxylation is 3. The predicted octanol–water partition coefficient (Wildman–Crippen LogP) is 2.93. The van der Waals surface area contributed by atoms with Crippen molar-refractivity contribution in [3.8, 4) is 0 Å².